The fourth-order valence-electron chi connectivity index (χ4n) is 3.22. The number of benzene rings is 1. The minimum absolute atomic E-state index is 0.233. The lowest BCUT2D eigenvalue weighted by Gasteiger charge is -2.36. The molecule has 0 aliphatic heterocycles. The smallest absolute Gasteiger partial charge is 0.307 e. The van der Waals surface area contributed by atoms with Gasteiger partial charge in [-0.15, -0.1) is 0 Å². The molecule has 0 aromatic heterocycles. The maximum atomic E-state index is 13.4. The van der Waals surface area contributed by atoms with Crippen molar-refractivity contribution in [2.45, 2.75) is 39.0 Å². The maximum absolute atomic E-state index is 13.4. The van der Waals surface area contributed by atoms with Gasteiger partial charge in [-0.25, -0.2) is 8.78 Å². The fraction of sp³-hybridized carbons (Fsp3) is 0.562. The summed E-state index contributed by atoms with van der Waals surface area (Å²) in [5.41, 5.74) is 0.599. The second kappa shape index (κ2) is 5.90. The monoisotopic (exact) mass is 282 g/mol. The van der Waals surface area contributed by atoms with Gasteiger partial charge in [0.2, 0.25) is 0 Å². The van der Waals surface area contributed by atoms with Crippen LogP contribution >= 0.6 is 0 Å². The van der Waals surface area contributed by atoms with Crippen LogP contribution in [0.4, 0.5) is 8.78 Å². The number of hydrogen-bond donors (Lipinski definition) is 1. The molecule has 1 N–H and O–H groups in total. The Morgan fingerprint density at radius 2 is 1.95 bits per heavy atom. The Hall–Kier alpha value is -1.45. The Morgan fingerprint density at radius 3 is 2.50 bits per heavy atom. The van der Waals surface area contributed by atoms with Crippen LogP contribution in [0.25, 0.3) is 0 Å². The molecule has 0 spiro atoms. The van der Waals surface area contributed by atoms with Crippen molar-refractivity contribution < 1.29 is 18.7 Å². The predicted octanol–water partition coefficient (Wildman–Crippen LogP) is 4.21. The minimum Gasteiger partial charge on any atom is -0.481 e. The highest BCUT2D eigenvalue weighted by Crippen LogP contribution is 2.43. The highest BCUT2D eigenvalue weighted by molar-refractivity contribution is 5.71. The molecule has 1 aromatic carbocycles. The first-order valence-corrected chi connectivity index (χ1v) is 7.08. The minimum atomic E-state index is -0.904. The molecule has 0 heterocycles. The Bertz CT molecular complexity index is 499. The van der Waals surface area contributed by atoms with Crippen molar-refractivity contribution >= 4 is 5.97 Å². The molecule has 0 radical (unpaired) electrons. The largest absolute Gasteiger partial charge is 0.481 e. The normalized spacial score (nSPS) is 26.8. The molecule has 2 nitrogen and oxygen atoms in total. The number of aliphatic carboxylic acids is 1. The van der Waals surface area contributed by atoms with Gasteiger partial charge in [0, 0.05) is 0 Å². The van der Waals surface area contributed by atoms with E-state index >= 15 is 0 Å². The van der Waals surface area contributed by atoms with Gasteiger partial charge in [-0.05, 0) is 54.7 Å². The van der Waals surface area contributed by atoms with Crippen molar-refractivity contribution in [2.75, 3.05) is 0 Å². The van der Waals surface area contributed by atoms with Crippen LogP contribution in [0, 0.1) is 29.4 Å². The summed E-state index contributed by atoms with van der Waals surface area (Å²) in [7, 11) is 0. The van der Waals surface area contributed by atoms with Crippen LogP contribution < -0.4 is 0 Å². The average molecular weight is 282 g/mol. The average Bonchev–Trinajstić information content (AvgIpc) is 2.41. The second-order valence-electron chi connectivity index (χ2n) is 6.04. The maximum Gasteiger partial charge on any atom is 0.307 e. The molecule has 3 atom stereocenters. The van der Waals surface area contributed by atoms with E-state index in [-0.39, 0.29) is 5.92 Å². The number of carboxylic acids is 1. The summed E-state index contributed by atoms with van der Waals surface area (Å²) >= 11 is 0. The third kappa shape index (κ3) is 3.00. The second-order valence-corrected chi connectivity index (χ2v) is 6.04. The van der Waals surface area contributed by atoms with Gasteiger partial charge in [0.1, 0.15) is 0 Å². The molecular formula is C16H20F2O2. The zero-order chi connectivity index (χ0) is 14.9. The molecule has 1 aromatic rings. The van der Waals surface area contributed by atoms with Crippen molar-refractivity contribution in [3.05, 3.63) is 35.4 Å². The molecule has 1 fully saturated rings. The Balaban J connectivity index is 2.31. The topological polar surface area (TPSA) is 37.3 Å². The van der Waals surface area contributed by atoms with Gasteiger partial charge >= 0.3 is 5.97 Å². The first kappa shape index (κ1) is 14.9. The third-order valence-corrected chi connectivity index (χ3v) is 4.52. The Morgan fingerprint density at radius 1 is 1.25 bits per heavy atom. The molecule has 1 saturated carbocycles. The van der Waals surface area contributed by atoms with Gasteiger partial charge in [0.15, 0.2) is 11.6 Å². The van der Waals surface area contributed by atoms with Gasteiger partial charge in [-0.2, -0.15) is 0 Å². The van der Waals surface area contributed by atoms with E-state index < -0.39 is 23.5 Å². The summed E-state index contributed by atoms with van der Waals surface area (Å²) in [6.07, 6.45) is 2.20. The van der Waals surface area contributed by atoms with E-state index in [4.69, 9.17) is 0 Å². The summed E-state index contributed by atoms with van der Waals surface area (Å²) in [5.74, 6) is -2.48. The van der Waals surface area contributed by atoms with Crippen molar-refractivity contribution in [3.8, 4) is 0 Å². The van der Waals surface area contributed by atoms with E-state index in [1.165, 1.54) is 6.07 Å². The summed E-state index contributed by atoms with van der Waals surface area (Å²) in [6.45, 7) is 4.24. The van der Waals surface area contributed by atoms with E-state index in [9.17, 15) is 18.7 Å². The molecule has 0 saturated heterocycles. The molecule has 110 valence electrons. The Kier molecular flexibility index (Phi) is 4.41. The molecule has 1 aliphatic rings. The van der Waals surface area contributed by atoms with Crippen LogP contribution in [0.3, 0.4) is 0 Å². The number of carboxylic acid groups (broad SMARTS) is 1. The standard InChI is InChI=1S/C16H20F2O2/c1-9(2)10-3-5-12(16(19)20)13(7-10)11-4-6-14(17)15(18)8-11/h4,6,8-10,12-13H,3,5,7H2,1-2H3,(H,19,20). The number of rotatable bonds is 3. The lowest BCUT2D eigenvalue weighted by atomic mass is 9.68. The van der Waals surface area contributed by atoms with Crippen molar-refractivity contribution in [2.24, 2.45) is 17.8 Å². The van der Waals surface area contributed by atoms with E-state index in [0.29, 0.717) is 23.8 Å². The van der Waals surface area contributed by atoms with Crippen LogP contribution in [0.15, 0.2) is 18.2 Å². The van der Waals surface area contributed by atoms with Crippen LogP contribution in [0.2, 0.25) is 0 Å². The van der Waals surface area contributed by atoms with Crippen LogP contribution in [-0.2, 0) is 4.79 Å². The zero-order valence-corrected chi connectivity index (χ0v) is 11.8. The van der Waals surface area contributed by atoms with Gasteiger partial charge in [0.05, 0.1) is 5.92 Å². The fourth-order valence-corrected chi connectivity index (χ4v) is 3.22. The van der Waals surface area contributed by atoms with E-state index in [0.717, 1.165) is 25.0 Å². The van der Waals surface area contributed by atoms with Crippen molar-refractivity contribution in [1.29, 1.82) is 0 Å². The third-order valence-electron chi connectivity index (χ3n) is 4.52. The molecule has 4 heteroatoms. The molecule has 1 aliphatic carbocycles. The van der Waals surface area contributed by atoms with Gasteiger partial charge in [0.25, 0.3) is 0 Å². The zero-order valence-electron chi connectivity index (χ0n) is 11.8. The van der Waals surface area contributed by atoms with E-state index in [1.54, 1.807) is 0 Å². The quantitative estimate of drug-likeness (QED) is 0.902. The number of carbonyl (C=O) groups is 1. The Labute approximate surface area is 117 Å². The van der Waals surface area contributed by atoms with Crippen LogP contribution in [-0.4, -0.2) is 11.1 Å². The van der Waals surface area contributed by atoms with Gasteiger partial charge < -0.3 is 5.11 Å². The molecule has 0 bridgehead atoms. The predicted molar refractivity (Wildman–Crippen MR) is 72.4 cm³/mol. The van der Waals surface area contributed by atoms with Gasteiger partial charge in [-0.3, -0.25) is 4.79 Å². The molecule has 20 heavy (non-hydrogen) atoms. The molecule has 3 unspecified atom stereocenters. The number of halogens is 2. The van der Waals surface area contributed by atoms with Crippen molar-refractivity contribution in [3.63, 3.8) is 0 Å². The van der Waals surface area contributed by atoms with E-state index in [2.05, 4.69) is 13.8 Å². The number of hydrogen-bond acceptors (Lipinski definition) is 1. The van der Waals surface area contributed by atoms with Gasteiger partial charge in [-0.1, -0.05) is 19.9 Å². The first-order valence-electron chi connectivity index (χ1n) is 7.08. The van der Waals surface area contributed by atoms with Crippen LogP contribution in [0.1, 0.15) is 44.6 Å². The highest BCUT2D eigenvalue weighted by atomic mass is 19.2. The lowest BCUT2D eigenvalue weighted by Crippen LogP contribution is -2.31. The summed E-state index contributed by atoms with van der Waals surface area (Å²) < 4.78 is 26.4. The van der Waals surface area contributed by atoms with E-state index in [1.807, 2.05) is 0 Å². The molecule has 0 amide bonds. The highest BCUT2D eigenvalue weighted by Gasteiger charge is 2.37. The summed E-state index contributed by atoms with van der Waals surface area (Å²) in [5, 5.41) is 9.35. The molecule has 2 rings (SSSR count). The SMILES string of the molecule is CC(C)C1CCC(C(=O)O)C(c2ccc(F)c(F)c2)C1. The molecular weight excluding hydrogens is 262 g/mol. The van der Waals surface area contributed by atoms with Crippen molar-refractivity contribution in [1.82, 2.24) is 0 Å². The lowest BCUT2D eigenvalue weighted by molar-refractivity contribution is -0.144. The summed E-state index contributed by atoms with van der Waals surface area (Å²) in [6, 6.07) is 3.75. The summed E-state index contributed by atoms with van der Waals surface area (Å²) in [4.78, 5) is 11.4. The first-order chi connectivity index (χ1) is 9.40. The van der Waals surface area contributed by atoms with Crippen LogP contribution in [0.5, 0.6) is 0 Å².